The molecule has 0 spiro atoms. The van der Waals surface area contributed by atoms with Crippen LogP contribution in [-0.4, -0.2) is 5.38 Å². The summed E-state index contributed by atoms with van der Waals surface area (Å²) in [6.07, 6.45) is 3.96. The van der Waals surface area contributed by atoms with Gasteiger partial charge in [-0.3, -0.25) is 0 Å². The predicted octanol–water partition coefficient (Wildman–Crippen LogP) is 3.69. The molecule has 0 unspecified atom stereocenters. The van der Waals surface area contributed by atoms with Crippen LogP contribution in [0.1, 0.15) is 40.0 Å². The summed E-state index contributed by atoms with van der Waals surface area (Å²) in [5.41, 5.74) is 0. The summed E-state index contributed by atoms with van der Waals surface area (Å²) in [6.45, 7) is 6.89. The van der Waals surface area contributed by atoms with Gasteiger partial charge in [-0.15, -0.1) is 11.6 Å². The number of hydrogen-bond donors (Lipinski definition) is 0. The third-order valence-electron chi connectivity index (χ3n) is 3.08. The number of rotatable bonds is 1. The molecular weight excluding hydrogens is 156 g/mol. The van der Waals surface area contributed by atoms with Gasteiger partial charge in [-0.1, -0.05) is 20.8 Å². The van der Waals surface area contributed by atoms with Crippen molar-refractivity contribution in [2.75, 3.05) is 0 Å². The van der Waals surface area contributed by atoms with Gasteiger partial charge in [-0.2, -0.15) is 0 Å². The summed E-state index contributed by atoms with van der Waals surface area (Å²) in [7, 11) is 0. The second-order valence-electron chi connectivity index (χ2n) is 4.31. The Bertz CT molecular complexity index is 120. The van der Waals surface area contributed by atoms with Gasteiger partial charge in [-0.25, -0.2) is 0 Å². The van der Waals surface area contributed by atoms with Crippen molar-refractivity contribution in [2.24, 2.45) is 17.8 Å². The van der Waals surface area contributed by atoms with Gasteiger partial charge >= 0.3 is 0 Å². The molecule has 1 aliphatic carbocycles. The summed E-state index contributed by atoms with van der Waals surface area (Å²) in [4.78, 5) is 0. The lowest BCUT2D eigenvalue weighted by molar-refractivity contribution is 0.239. The molecular formula is C10H19Cl. The van der Waals surface area contributed by atoms with Crippen molar-refractivity contribution < 1.29 is 0 Å². The van der Waals surface area contributed by atoms with E-state index >= 15 is 0 Å². The highest BCUT2D eigenvalue weighted by Crippen LogP contribution is 2.35. The lowest BCUT2D eigenvalue weighted by Crippen LogP contribution is -2.26. The molecule has 0 aromatic heterocycles. The van der Waals surface area contributed by atoms with Crippen molar-refractivity contribution in [3.63, 3.8) is 0 Å². The first kappa shape index (κ1) is 9.38. The largest absolute Gasteiger partial charge is 0.123 e. The van der Waals surface area contributed by atoms with E-state index in [-0.39, 0.29) is 0 Å². The summed E-state index contributed by atoms with van der Waals surface area (Å²) in [6, 6.07) is 0. The first-order chi connectivity index (χ1) is 5.11. The number of alkyl halides is 1. The highest BCUT2D eigenvalue weighted by atomic mass is 35.5. The van der Waals surface area contributed by atoms with Crippen LogP contribution in [0.3, 0.4) is 0 Å². The third-order valence-corrected chi connectivity index (χ3v) is 3.69. The maximum atomic E-state index is 6.21. The van der Waals surface area contributed by atoms with Crippen molar-refractivity contribution >= 4 is 11.6 Å². The van der Waals surface area contributed by atoms with Crippen molar-refractivity contribution in [1.82, 2.24) is 0 Å². The van der Waals surface area contributed by atoms with E-state index in [1.54, 1.807) is 0 Å². The zero-order valence-corrected chi connectivity index (χ0v) is 8.56. The Balaban J connectivity index is 2.40. The van der Waals surface area contributed by atoms with Gasteiger partial charge in [0.15, 0.2) is 0 Å². The monoisotopic (exact) mass is 174 g/mol. The molecule has 1 heteroatoms. The molecule has 0 amide bonds. The maximum absolute atomic E-state index is 6.21. The van der Waals surface area contributed by atoms with Crippen molar-refractivity contribution in [3.8, 4) is 0 Å². The van der Waals surface area contributed by atoms with Crippen molar-refractivity contribution in [3.05, 3.63) is 0 Å². The zero-order valence-electron chi connectivity index (χ0n) is 7.81. The lowest BCUT2D eigenvalue weighted by atomic mass is 9.77. The van der Waals surface area contributed by atoms with Crippen LogP contribution in [0.5, 0.6) is 0 Å². The van der Waals surface area contributed by atoms with Crippen LogP contribution in [0.15, 0.2) is 0 Å². The highest BCUT2D eigenvalue weighted by Gasteiger charge is 2.27. The molecule has 0 saturated heterocycles. The molecule has 1 saturated carbocycles. The minimum absolute atomic E-state index is 0.441. The molecule has 0 heterocycles. The van der Waals surface area contributed by atoms with Gasteiger partial charge < -0.3 is 0 Å². The van der Waals surface area contributed by atoms with Crippen molar-refractivity contribution in [2.45, 2.75) is 45.4 Å². The van der Waals surface area contributed by atoms with Crippen LogP contribution in [0.4, 0.5) is 0 Å². The first-order valence-electron chi connectivity index (χ1n) is 4.75. The topological polar surface area (TPSA) is 0 Å². The molecule has 0 N–H and O–H groups in total. The predicted molar refractivity (Wildman–Crippen MR) is 51.0 cm³/mol. The number of hydrogen-bond acceptors (Lipinski definition) is 0. The minimum atomic E-state index is 0.441. The van der Waals surface area contributed by atoms with E-state index in [0.29, 0.717) is 5.38 Å². The smallest absolute Gasteiger partial charge is 0.0364 e. The second kappa shape index (κ2) is 3.80. The summed E-state index contributed by atoms with van der Waals surface area (Å²) >= 11 is 6.21. The van der Waals surface area contributed by atoms with Crippen LogP contribution in [0, 0.1) is 17.8 Å². The molecule has 0 nitrogen and oxygen atoms in total. The van der Waals surface area contributed by atoms with Crippen molar-refractivity contribution in [1.29, 1.82) is 0 Å². The molecule has 1 rings (SSSR count). The van der Waals surface area contributed by atoms with Gasteiger partial charge in [-0.05, 0) is 37.0 Å². The van der Waals surface area contributed by atoms with Crippen LogP contribution in [0.25, 0.3) is 0 Å². The molecule has 66 valence electrons. The minimum Gasteiger partial charge on any atom is -0.123 e. The lowest BCUT2D eigenvalue weighted by Gasteiger charge is -2.32. The van der Waals surface area contributed by atoms with Crippen LogP contribution < -0.4 is 0 Å². The second-order valence-corrected chi connectivity index (χ2v) is 4.87. The summed E-state index contributed by atoms with van der Waals surface area (Å²) in [5.74, 6) is 2.45. The average Bonchev–Trinajstić information content (AvgIpc) is 1.94. The van der Waals surface area contributed by atoms with Gasteiger partial charge in [0, 0.05) is 5.38 Å². The Morgan fingerprint density at radius 1 is 1.27 bits per heavy atom. The standard InChI is InChI=1S/C10H19Cl/c1-7(2)9-5-4-8(3)10(11)6-9/h7-10H,4-6H2,1-3H3/t8-,9+,10-/m0/s1. The van der Waals surface area contributed by atoms with Crippen LogP contribution in [-0.2, 0) is 0 Å². The highest BCUT2D eigenvalue weighted by molar-refractivity contribution is 6.20. The fourth-order valence-corrected chi connectivity index (χ4v) is 2.26. The van der Waals surface area contributed by atoms with E-state index in [9.17, 15) is 0 Å². The molecule has 0 aliphatic heterocycles. The molecule has 0 bridgehead atoms. The van der Waals surface area contributed by atoms with Gasteiger partial charge in [0.1, 0.15) is 0 Å². The molecule has 1 aliphatic rings. The Morgan fingerprint density at radius 2 is 1.91 bits per heavy atom. The van der Waals surface area contributed by atoms with Crippen LogP contribution in [0.2, 0.25) is 0 Å². The quantitative estimate of drug-likeness (QED) is 0.532. The molecule has 11 heavy (non-hydrogen) atoms. The molecule has 0 aromatic rings. The fourth-order valence-electron chi connectivity index (χ4n) is 1.90. The Hall–Kier alpha value is 0.290. The SMILES string of the molecule is CC(C)[C@@H]1CC[C@H](C)[C@@H](Cl)C1. The molecule has 3 atom stereocenters. The average molecular weight is 175 g/mol. The van der Waals surface area contributed by atoms with Crippen LogP contribution >= 0.6 is 11.6 Å². The van der Waals surface area contributed by atoms with E-state index in [1.165, 1.54) is 19.3 Å². The third kappa shape index (κ3) is 2.37. The van der Waals surface area contributed by atoms with E-state index in [2.05, 4.69) is 20.8 Å². The normalized spacial score (nSPS) is 39.5. The van der Waals surface area contributed by atoms with Gasteiger partial charge in [0.25, 0.3) is 0 Å². The Labute approximate surface area is 75.3 Å². The van der Waals surface area contributed by atoms with E-state index < -0.39 is 0 Å². The van der Waals surface area contributed by atoms with Gasteiger partial charge in [0.05, 0.1) is 0 Å². The summed E-state index contributed by atoms with van der Waals surface area (Å²) < 4.78 is 0. The molecule has 1 fully saturated rings. The Kier molecular flexibility index (Phi) is 3.24. The molecule has 0 aromatic carbocycles. The van der Waals surface area contributed by atoms with E-state index in [1.807, 2.05) is 0 Å². The van der Waals surface area contributed by atoms with Gasteiger partial charge in [0.2, 0.25) is 0 Å². The molecule has 0 radical (unpaired) electrons. The summed E-state index contributed by atoms with van der Waals surface area (Å²) in [5, 5.41) is 0.441. The Morgan fingerprint density at radius 3 is 2.36 bits per heavy atom. The zero-order chi connectivity index (χ0) is 8.43. The maximum Gasteiger partial charge on any atom is 0.0364 e. The first-order valence-corrected chi connectivity index (χ1v) is 5.19. The number of halogens is 1. The fraction of sp³-hybridized carbons (Fsp3) is 1.00. The van der Waals surface area contributed by atoms with E-state index in [4.69, 9.17) is 11.6 Å². The van der Waals surface area contributed by atoms with E-state index in [0.717, 1.165) is 17.8 Å².